The zero-order chi connectivity index (χ0) is 12.3. The fraction of sp³-hybridized carbons (Fsp3) is 0.364. The third-order valence-corrected chi connectivity index (χ3v) is 2.05. The van der Waals surface area contributed by atoms with Crippen LogP contribution in [0.25, 0.3) is 0 Å². The average Bonchev–Trinajstić information content (AvgIpc) is 2.15. The van der Waals surface area contributed by atoms with Crippen LogP contribution in [0, 0.1) is 6.61 Å². The molecule has 1 aromatic rings. The lowest BCUT2D eigenvalue weighted by Gasteiger charge is -2.17. The molecule has 2 nitrogen and oxygen atoms in total. The van der Waals surface area contributed by atoms with Crippen LogP contribution in [0.1, 0.15) is 30.9 Å². The number of benzene rings is 1. The molecular weight excluding hydrogens is 221 g/mol. The summed E-state index contributed by atoms with van der Waals surface area (Å²) in [5.41, 5.74) is 0.420. The van der Waals surface area contributed by atoms with Gasteiger partial charge in [0.1, 0.15) is 12.4 Å². The molecule has 0 bridgehead atoms. The Morgan fingerprint density at radius 3 is 2.38 bits per heavy atom. The van der Waals surface area contributed by atoms with Crippen molar-refractivity contribution in [2.75, 3.05) is 0 Å². The largest absolute Gasteiger partial charge is 0.573 e. The monoisotopic (exact) mass is 233 g/mol. The quantitative estimate of drug-likeness (QED) is 0.864. The molecule has 5 heteroatoms. The van der Waals surface area contributed by atoms with Crippen LogP contribution in [-0.4, -0.2) is 11.5 Å². The lowest BCUT2D eigenvalue weighted by Crippen LogP contribution is -2.19. The zero-order valence-electron chi connectivity index (χ0n) is 8.88. The van der Waals surface area contributed by atoms with Gasteiger partial charge in [0.25, 0.3) is 0 Å². The smallest absolute Gasteiger partial charge is 0.405 e. The van der Waals surface area contributed by atoms with E-state index >= 15 is 0 Å². The van der Waals surface area contributed by atoms with Crippen LogP contribution in [0.15, 0.2) is 18.2 Å². The molecule has 0 atom stereocenters. The second kappa shape index (κ2) is 4.74. The second-order valence-corrected chi connectivity index (χ2v) is 3.60. The Balaban J connectivity index is 3.20. The van der Waals surface area contributed by atoms with Gasteiger partial charge in [-0.3, -0.25) is 0 Å². The summed E-state index contributed by atoms with van der Waals surface area (Å²) in [4.78, 5) is 0. The number of rotatable bonds is 3. The van der Waals surface area contributed by atoms with E-state index in [0.29, 0.717) is 12.2 Å². The molecule has 0 saturated carbocycles. The maximum atomic E-state index is 12.2. The van der Waals surface area contributed by atoms with Crippen molar-refractivity contribution in [1.82, 2.24) is 0 Å². The van der Waals surface area contributed by atoms with Crippen molar-refractivity contribution in [3.05, 3.63) is 35.9 Å². The predicted molar refractivity (Wildman–Crippen MR) is 52.6 cm³/mol. The first kappa shape index (κ1) is 12.8. The first-order chi connectivity index (χ1) is 7.35. The Morgan fingerprint density at radius 2 is 1.94 bits per heavy atom. The van der Waals surface area contributed by atoms with Gasteiger partial charge in [0.2, 0.25) is 0 Å². The highest BCUT2D eigenvalue weighted by atomic mass is 19.4. The number of halogens is 3. The summed E-state index contributed by atoms with van der Waals surface area (Å²) in [6.45, 7) is 4.10. The maximum Gasteiger partial charge on any atom is 0.573 e. The molecule has 0 aliphatic rings. The molecule has 0 aromatic heterocycles. The lowest BCUT2D eigenvalue weighted by atomic mass is 9.99. The third-order valence-electron chi connectivity index (χ3n) is 2.05. The van der Waals surface area contributed by atoms with Crippen molar-refractivity contribution < 1.29 is 23.0 Å². The molecule has 0 unspecified atom stereocenters. The van der Waals surface area contributed by atoms with Gasteiger partial charge in [0.15, 0.2) is 0 Å². The summed E-state index contributed by atoms with van der Waals surface area (Å²) in [5, 5.41) is 8.85. The summed E-state index contributed by atoms with van der Waals surface area (Å²) in [6.07, 6.45) is -4.76. The zero-order valence-corrected chi connectivity index (χ0v) is 8.88. The van der Waals surface area contributed by atoms with Crippen molar-refractivity contribution in [2.24, 2.45) is 0 Å². The Labute approximate surface area is 91.7 Å². The van der Waals surface area contributed by atoms with Crippen LogP contribution in [0.2, 0.25) is 0 Å². The van der Waals surface area contributed by atoms with E-state index in [-0.39, 0.29) is 17.2 Å². The molecule has 0 fully saturated rings. The van der Waals surface area contributed by atoms with Gasteiger partial charge in [-0.2, -0.15) is 0 Å². The van der Waals surface area contributed by atoms with Crippen molar-refractivity contribution >= 4 is 0 Å². The molecule has 0 spiro atoms. The summed E-state index contributed by atoms with van der Waals surface area (Å²) in [7, 11) is 0. The Morgan fingerprint density at radius 1 is 1.31 bits per heavy atom. The van der Waals surface area contributed by atoms with Crippen LogP contribution >= 0.6 is 0 Å². The normalized spacial score (nSPS) is 11.9. The van der Waals surface area contributed by atoms with Gasteiger partial charge in [-0.15, -0.1) is 13.2 Å². The highest BCUT2D eigenvalue weighted by molar-refractivity contribution is 5.45. The van der Waals surface area contributed by atoms with Crippen molar-refractivity contribution in [1.29, 1.82) is 0 Å². The van der Waals surface area contributed by atoms with Crippen molar-refractivity contribution in [3.8, 4) is 5.75 Å². The van der Waals surface area contributed by atoms with Gasteiger partial charge in [-0.05, 0) is 11.5 Å². The minimum absolute atomic E-state index is 0.0172. The number of alkyl halides is 3. The lowest BCUT2D eigenvalue weighted by molar-refractivity contribution is -0.275. The first-order valence-corrected chi connectivity index (χ1v) is 4.71. The SMILES string of the molecule is CC(C)c1cccc([CH]O)c1OC(F)(F)F. The number of para-hydroxylation sites is 1. The van der Waals surface area contributed by atoms with E-state index in [9.17, 15) is 13.2 Å². The molecule has 1 rings (SSSR count). The molecule has 0 aliphatic carbocycles. The van der Waals surface area contributed by atoms with Gasteiger partial charge >= 0.3 is 6.36 Å². The van der Waals surface area contributed by atoms with E-state index in [1.807, 2.05) is 0 Å². The molecule has 0 heterocycles. The molecule has 1 radical (unpaired) electrons. The number of aliphatic hydroxyl groups excluding tert-OH is 1. The summed E-state index contributed by atoms with van der Waals surface area (Å²) in [6, 6.07) is 4.46. The molecular formula is C11H12F3O2. The highest BCUT2D eigenvalue weighted by Gasteiger charge is 2.33. The number of hydrogen-bond donors (Lipinski definition) is 1. The summed E-state index contributed by atoms with van der Waals surface area (Å²) < 4.78 is 40.5. The molecule has 0 saturated heterocycles. The van der Waals surface area contributed by atoms with E-state index in [0.717, 1.165) is 0 Å². The molecule has 16 heavy (non-hydrogen) atoms. The number of ether oxygens (including phenoxy) is 1. The maximum absolute atomic E-state index is 12.2. The highest BCUT2D eigenvalue weighted by Crippen LogP contribution is 2.34. The van der Waals surface area contributed by atoms with Crippen LogP contribution in [0.5, 0.6) is 5.75 Å². The molecule has 0 amide bonds. The molecule has 1 N–H and O–H groups in total. The average molecular weight is 233 g/mol. The molecule has 89 valence electrons. The van der Waals surface area contributed by atoms with Crippen molar-refractivity contribution in [3.63, 3.8) is 0 Å². The van der Waals surface area contributed by atoms with Gasteiger partial charge in [-0.25, -0.2) is 0 Å². The van der Waals surface area contributed by atoms with E-state index in [4.69, 9.17) is 5.11 Å². The Bertz CT molecular complexity index is 359. The standard InChI is InChI=1S/C11H12F3O2/c1-7(2)9-5-3-4-8(6-15)10(9)16-11(12,13)14/h3-7,15H,1-2H3. The first-order valence-electron chi connectivity index (χ1n) is 4.71. The summed E-state index contributed by atoms with van der Waals surface area (Å²) in [5.74, 6) is -0.468. The van der Waals surface area contributed by atoms with E-state index in [1.54, 1.807) is 26.0 Å². The third kappa shape index (κ3) is 3.13. The van der Waals surface area contributed by atoms with Gasteiger partial charge in [0, 0.05) is 5.56 Å². The number of aliphatic hydroxyl groups is 1. The van der Waals surface area contributed by atoms with Gasteiger partial charge < -0.3 is 9.84 Å². The predicted octanol–water partition coefficient (Wildman–Crippen LogP) is 3.59. The van der Waals surface area contributed by atoms with E-state index in [1.165, 1.54) is 6.07 Å². The molecule has 1 aromatic carbocycles. The Kier molecular flexibility index (Phi) is 3.80. The topological polar surface area (TPSA) is 29.5 Å². The van der Waals surface area contributed by atoms with Crippen molar-refractivity contribution in [2.45, 2.75) is 26.1 Å². The minimum atomic E-state index is -4.76. The van der Waals surface area contributed by atoms with E-state index < -0.39 is 6.36 Å². The Hall–Kier alpha value is -1.23. The van der Waals surface area contributed by atoms with Gasteiger partial charge in [0.05, 0.1) is 0 Å². The summed E-state index contributed by atoms with van der Waals surface area (Å²) >= 11 is 0. The van der Waals surface area contributed by atoms with Crippen LogP contribution in [0.3, 0.4) is 0 Å². The fourth-order valence-corrected chi connectivity index (χ4v) is 1.36. The van der Waals surface area contributed by atoms with E-state index in [2.05, 4.69) is 4.74 Å². The van der Waals surface area contributed by atoms with Crippen LogP contribution in [-0.2, 0) is 0 Å². The molecule has 0 aliphatic heterocycles. The second-order valence-electron chi connectivity index (χ2n) is 3.60. The fourth-order valence-electron chi connectivity index (χ4n) is 1.36. The van der Waals surface area contributed by atoms with Crippen LogP contribution in [0.4, 0.5) is 13.2 Å². The van der Waals surface area contributed by atoms with Crippen LogP contribution < -0.4 is 4.74 Å². The van der Waals surface area contributed by atoms with Gasteiger partial charge in [-0.1, -0.05) is 32.0 Å². The minimum Gasteiger partial charge on any atom is -0.405 e. The number of hydrogen-bond acceptors (Lipinski definition) is 2.